The fraction of sp³-hybridized carbons (Fsp3) is 0.500. The van der Waals surface area contributed by atoms with Gasteiger partial charge in [0.15, 0.2) is 5.78 Å². The van der Waals surface area contributed by atoms with E-state index in [1.807, 2.05) is 0 Å². The van der Waals surface area contributed by atoms with Crippen LogP contribution in [-0.2, 0) is 0 Å². The maximum absolute atomic E-state index is 13.0. The molecule has 0 amide bonds. The molecule has 0 bridgehead atoms. The fourth-order valence-corrected chi connectivity index (χ4v) is 1.79. The van der Waals surface area contributed by atoms with Crippen LogP contribution < -0.4 is 5.73 Å². The summed E-state index contributed by atoms with van der Waals surface area (Å²) in [6.07, 6.45) is 5.91. The average molecular weight is 237 g/mol. The SMILES string of the molecule is CCCCCCCC(=O)c1cc(F)ccc1N. The van der Waals surface area contributed by atoms with Crippen LogP contribution in [0.2, 0.25) is 0 Å². The lowest BCUT2D eigenvalue weighted by Crippen LogP contribution is -2.04. The molecule has 0 atom stereocenters. The molecule has 0 radical (unpaired) electrons. The zero-order valence-corrected chi connectivity index (χ0v) is 10.3. The Bertz CT molecular complexity index is 376. The minimum Gasteiger partial charge on any atom is -0.398 e. The number of unbranched alkanes of at least 4 members (excludes halogenated alkanes) is 4. The lowest BCUT2D eigenvalue weighted by atomic mass is 10.0. The summed E-state index contributed by atoms with van der Waals surface area (Å²) in [7, 11) is 0. The van der Waals surface area contributed by atoms with Crippen molar-refractivity contribution in [2.75, 3.05) is 5.73 Å². The predicted octanol–water partition coefficient (Wildman–Crippen LogP) is 3.95. The van der Waals surface area contributed by atoms with Gasteiger partial charge in [0.05, 0.1) is 0 Å². The highest BCUT2D eigenvalue weighted by atomic mass is 19.1. The number of ketones is 1. The fourth-order valence-electron chi connectivity index (χ4n) is 1.79. The molecule has 17 heavy (non-hydrogen) atoms. The second kappa shape index (κ2) is 7.05. The Morgan fingerprint density at radius 1 is 1.24 bits per heavy atom. The number of anilines is 1. The van der Waals surface area contributed by atoms with Crippen molar-refractivity contribution in [2.45, 2.75) is 45.4 Å². The average Bonchev–Trinajstić information content (AvgIpc) is 2.32. The summed E-state index contributed by atoms with van der Waals surface area (Å²) >= 11 is 0. The smallest absolute Gasteiger partial charge is 0.165 e. The van der Waals surface area contributed by atoms with E-state index >= 15 is 0 Å². The first kappa shape index (κ1) is 13.7. The molecular formula is C14H20FNO. The highest BCUT2D eigenvalue weighted by molar-refractivity contribution is 6.00. The summed E-state index contributed by atoms with van der Waals surface area (Å²) in [5.41, 5.74) is 6.34. The van der Waals surface area contributed by atoms with Gasteiger partial charge in [-0.2, -0.15) is 0 Å². The number of carbonyl (C=O) groups excluding carboxylic acids is 1. The molecular weight excluding hydrogens is 217 g/mol. The third-order valence-corrected chi connectivity index (χ3v) is 2.82. The number of nitrogens with two attached hydrogens (primary N) is 1. The second-order valence-electron chi connectivity index (χ2n) is 4.32. The molecule has 1 rings (SSSR count). The number of nitrogen functional groups attached to an aromatic ring is 1. The third-order valence-electron chi connectivity index (χ3n) is 2.82. The first-order valence-electron chi connectivity index (χ1n) is 6.23. The Kier molecular flexibility index (Phi) is 5.67. The van der Waals surface area contributed by atoms with Gasteiger partial charge in [-0.3, -0.25) is 4.79 Å². The molecule has 0 saturated carbocycles. The van der Waals surface area contributed by atoms with E-state index in [1.165, 1.54) is 31.0 Å². The van der Waals surface area contributed by atoms with Crippen LogP contribution in [-0.4, -0.2) is 5.78 Å². The van der Waals surface area contributed by atoms with Crippen molar-refractivity contribution in [3.8, 4) is 0 Å². The van der Waals surface area contributed by atoms with Crippen LogP contribution >= 0.6 is 0 Å². The van der Waals surface area contributed by atoms with E-state index in [1.54, 1.807) is 0 Å². The second-order valence-corrected chi connectivity index (χ2v) is 4.32. The molecule has 0 spiro atoms. The molecule has 3 heteroatoms. The van der Waals surface area contributed by atoms with E-state index in [0.717, 1.165) is 19.3 Å². The summed E-state index contributed by atoms with van der Waals surface area (Å²) in [5.74, 6) is -0.466. The maximum Gasteiger partial charge on any atom is 0.165 e. The summed E-state index contributed by atoms with van der Waals surface area (Å²) in [6, 6.07) is 3.94. The van der Waals surface area contributed by atoms with Crippen LogP contribution in [0.4, 0.5) is 10.1 Å². The molecule has 0 aliphatic carbocycles. The summed E-state index contributed by atoms with van der Waals surface area (Å²) in [5, 5.41) is 0. The van der Waals surface area contributed by atoms with Gasteiger partial charge in [0.2, 0.25) is 0 Å². The number of hydrogen-bond donors (Lipinski definition) is 1. The summed E-state index contributed by atoms with van der Waals surface area (Å²) in [6.45, 7) is 2.15. The molecule has 0 aromatic heterocycles. The molecule has 0 aliphatic heterocycles. The van der Waals surface area contributed by atoms with E-state index < -0.39 is 5.82 Å². The Morgan fingerprint density at radius 3 is 2.65 bits per heavy atom. The van der Waals surface area contributed by atoms with Crippen LogP contribution in [0.1, 0.15) is 55.8 Å². The Balaban J connectivity index is 2.44. The van der Waals surface area contributed by atoms with E-state index in [0.29, 0.717) is 17.7 Å². The molecule has 1 aromatic carbocycles. The Labute approximate surface area is 102 Å². The van der Waals surface area contributed by atoms with E-state index in [2.05, 4.69) is 6.92 Å². The van der Waals surface area contributed by atoms with Crippen molar-refractivity contribution in [3.63, 3.8) is 0 Å². The normalized spacial score (nSPS) is 10.5. The van der Waals surface area contributed by atoms with Gasteiger partial charge in [-0.1, -0.05) is 32.6 Å². The largest absolute Gasteiger partial charge is 0.398 e. The zero-order valence-electron chi connectivity index (χ0n) is 10.3. The standard InChI is InChI=1S/C14H20FNO/c1-2-3-4-5-6-7-14(17)12-10-11(15)8-9-13(12)16/h8-10H,2-7,16H2,1H3. The van der Waals surface area contributed by atoms with E-state index in [9.17, 15) is 9.18 Å². The van der Waals surface area contributed by atoms with E-state index in [4.69, 9.17) is 5.73 Å². The third kappa shape index (κ3) is 4.55. The maximum atomic E-state index is 13.0. The molecule has 0 fully saturated rings. The molecule has 2 nitrogen and oxygen atoms in total. The van der Waals surface area contributed by atoms with Gasteiger partial charge >= 0.3 is 0 Å². The summed E-state index contributed by atoms with van der Waals surface area (Å²) < 4.78 is 13.0. The Morgan fingerprint density at radius 2 is 1.94 bits per heavy atom. The van der Waals surface area contributed by atoms with Crippen molar-refractivity contribution in [3.05, 3.63) is 29.6 Å². The predicted molar refractivity (Wildman–Crippen MR) is 68.5 cm³/mol. The highest BCUT2D eigenvalue weighted by Gasteiger charge is 2.10. The molecule has 1 aromatic rings. The zero-order chi connectivity index (χ0) is 12.7. The van der Waals surface area contributed by atoms with Crippen LogP contribution in [0.3, 0.4) is 0 Å². The minimum atomic E-state index is -0.409. The van der Waals surface area contributed by atoms with Crippen LogP contribution in [0.5, 0.6) is 0 Å². The van der Waals surface area contributed by atoms with Gasteiger partial charge in [0.25, 0.3) is 0 Å². The molecule has 2 N–H and O–H groups in total. The molecule has 0 unspecified atom stereocenters. The number of hydrogen-bond acceptors (Lipinski definition) is 2. The van der Waals surface area contributed by atoms with Crippen molar-refractivity contribution >= 4 is 11.5 Å². The van der Waals surface area contributed by atoms with Gasteiger partial charge in [0, 0.05) is 17.7 Å². The monoisotopic (exact) mass is 237 g/mol. The van der Waals surface area contributed by atoms with Gasteiger partial charge in [-0.25, -0.2) is 4.39 Å². The van der Waals surface area contributed by atoms with Crippen molar-refractivity contribution in [2.24, 2.45) is 0 Å². The van der Waals surface area contributed by atoms with Crippen LogP contribution in [0.15, 0.2) is 18.2 Å². The lowest BCUT2D eigenvalue weighted by molar-refractivity contribution is 0.0979. The number of halogens is 1. The van der Waals surface area contributed by atoms with E-state index in [-0.39, 0.29) is 5.78 Å². The minimum absolute atomic E-state index is 0.0569. The number of rotatable bonds is 7. The van der Waals surface area contributed by atoms with Crippen molar-refractivity contribution in [1.29, 1.82) is 0 Å². The topological polar surface area (TPSA) is 43.1 Å². The van der Waals surface area contributed by atoms with Crippen molar-refractivity contribution < 1.29 is 9.18 Å². The number of Topliss-reactive ketones (excluding diaryl/α,β-unsaturated/α-hetero) is 1. The number of carbonyl (C=O) groups is 1. The Hall–Kier alpha value is -1.38. The number of benzene rings is 1. The van der Waals surface area contributed by atoms with Gasteiger partial charge < -0.3 is 5.73 Å². The van der Waals surface area contributed by atoms with Gasteiger partial charge in [0.1, 0.15) is 5.82 Å². The molecule has 94 valence electrons. The highest BCUT2D eigenvalue weighted by Crippen LogP contribution is 2.17. The molecule has 0 heterocycles. The van der Waals surface area contributed by atoms with Crippen LogP contribution in [0.25, 0.3) is 0 Å². The first-order valence-corrected chi connectivity index (χ1v) is 6.23. The van der Waals surface area contributed by atoms with Crippen LogP contribution in [0, 0.1) is 5.82 Å². The lowest BCUT2D eigenvalue weighted by Gasteiger charge is -2.05. The quantitative estimate of drug-likeness (QED) is 0.443. The summed E-state index contributed by atoms with van der Waals surface area (Å²) in [4.78, 5) is 11.8. The van der Waals surface area contributed by atoms with Gasteiger partial charge in [-0.15, -0.1) is 0 Å². The molecule has 0 aliphatic rings. The molecule has 0 saturated heterocycles. The van der Waals surface area contributed by atoms with Crippen molar-refractivity contribution in [1.82, 2.24) is 0 Å². The first-order chi connectivity index (χ1) is 8.15. The van der Waals surface area contributed by atoms with Gasteiger partial charge in [-0.05, 0) is 24.6 Å².